The van der Waals surface area contributed by atoms with Crippen LogP contribution in [-0.2, 0) is 0 Å². The van der Waals surface area contributed by atoms with Crippen molar-refractivity contribution in [2.24, 2.45) is 5.73 Å². The highest BCUT2D eigenvalue weighted by atomic mass is 32.1. The number of hydrogen-bond acceptors (Lipinski definition) is 2. The first-order chi connectivity index (χ1) is 8.77. The summed E-state index contributed by atoms with van der Waals surface area (Å²) in [5.74, 6) is 0. The van der Waals surface area contributed by atoms with Gasteiger partial charge in [-0.1, -0.05) is 70.0 Å². The molecule has 0 atom stereocenters. The molecule has 0 aromatic rings. The molecule has 0 saturated carbocycles. The van der Waals surface area contributed by atoms with E-state index in [1.807, 2.05) is 0 Å². The molecule has 0 aliphatic heterocycles. The minimum Gasteiger partial charge on any atom is -0.371 e. The molecule has 4 heteroatoms. The lowest BCUT2D eigenvalue weighted by atomic mass is 10.1. The summed E-state index contributed by atoms with van der Waals surface area (Å²) in [7, 11) is 0. The third kappa shape index (κ3) is 16.2. The Balaban J connectivity index is 2.92. The molecular formula is C14H30N2S2. The zero-order valence-corrected chi connectivity index (χ0v) is 13.3. The van der Waals surface area contributed by atoms with E-state index in [-0.39, 0.29) is 0 Å². The fourth-order valence-electron chi connectivity index (χ4n) is 2.06. The normalized spacial score (nSPS) is 10.6. The Kier molecular flexibility index (Phi) is 15.4. The number of rotatable bonds is 13. The number of thiol groups is 1. The van der Waals surface area contributed by atoms with Crippen molar-refractivity contribution >= 4 is 29.2 Å². The molecule has 0 rings (SSSR count). The summed E-state index contributed by atoms with van der Waals surface area (Å²) in [6, 6.07) is 0. The van der Waals surface area contributed by atoms with Gasteiger partial charge in [-0.25, -0.2) is 0 Å². The molecule has 0 aromatic carbocycles. The largest absolute Gasteiger partial charge is 0.371 e. The summed E-state index contributed by atoms with van der Waals surface area (Å²) in [6.07, 6.45) is 14.7. The van der Waals surface area contributed by atoms with Crippen LogP contribution < -0.4 is 11.1 Å². The number of nitrogens with two attached hydrogens (primary N) is 1. The van der Waals surface area contributed by atoms with Crippen molar-refractivity contribution < 1.29 is 0 Å². The molecule has 0 saturated heterocycles. The molecule has 0 aliphatic rings. The second-order valence-corrected chi connectivity index (χ2v) is 6.07. The topological polar surface area (TPSA) is 38.0 Å². The van der Waals surface area contributed by atoms with Crippen LogP contribution in [0.2, 0.25) is 0 Å². The molecule has 0 radical (unpaired) electrons. The van der Waals surface area contributed by atoms with E-state index in [0.29, 0.717) is 4.32 Å². The Morgan fingerprint density at radius 2 is 1.17 bits per heavy atom. The molecule has 0 aromatic heterocycles. The van der Waals surface area contributed by atoms with Crippen LogP contribution in [0.15, 0.2) is 0 Å². The lowest BCUT2D eigenvalue weighted by Crippen LogP contribution is -2.17. The van der Waals surface area contributed by atoms with Crippen LogP contribution in [0.4, 0.5) is 0 Å². The third-order valence-corrected chi connectivity index (χ3v) is 3.46. The van der Waals surface area contributed by atoms with Gasteiger partial charge < -0.3 is 11.1 Å². The van der Waals surface area contributed by atoms with Crippen molar-refractivity contribution in [3.63, 3.8) is 0 Å². The second-order valence-electron chi connectivity index (χ2n) is 4.91. The molecular weight excluding hydrogens is 260 g/mol. The van der Waals surface area contributed by atoms with Crippen LogP contribution in [-0.4, -0.2) is 17.4 Å². The van der Waals surface area contributed by atoms with E-state index in [1.54, 1.807) is 0 Å². The quantitative estimate of drug-likeness (QED) is 0.272. The number of thiocarbonyl (C=S) groups is 1. The second kappa shape index (κ2) is 15.3. The van der Waals surface area contributed by atoms with Crippen LogP contribution in [0.25, 0.3) is 0 Å². The van der Waals surface area contributed by atoms with E-state index in [4.69, 9.17) is 18.0 Å². The summed E-state index contributed by atoms with van der Waals surface area (Å²) in [4.78, 5) is 0. The van der Waals surface area contributed by atoms with E-state index in [1.165, 1.54) is 70.6 Å². The molecule has 2 nitrogen and oxygen atoms in total. The average molecular weight is 291 g/mol. The van der Waals surface area contributed by atoms with Gasteiger partial charge in [-0.3, -0.25) is 0 Å². The molecule has 0 bridgehead atoms. The fraction of sp³-hybridized carbons (Fsp3) is 0.929. The SMILES string of the molecule is NCCCCCCCCCCCCCNC(=S)S. The predicted octanol–water partition coefficient (Wildman–Crippen LogP) is 4.04. The molecule has 18 heavy (non-hydrogen) atoms. The van der Waals surface area contributed by atoms with Crippen LogP contribution in [0.3, 0.4) is 0 Å². The fourth-order valence-corrected chi connectivity index (χ4v) is 2.27. The van der Waals surface area contributed by atoms with Gasteiger partial charge in [0.15, 0.2) is 0 Å². The summed E-state index contributed by atoms with van der Waals surface area (Å²) >= 11 is 8.85. The first-order valence-corrected chi connectivity index (χ1v) is 8.29. The van der Waals surface area contributed by atoms with Crippen molar-refractivity contribution in [2.45, 2.75) is 70.6 Å². The van der Waals surface area contributed by atoms with Crippen molar-refractivity contribution in [2.75, 3.05) is 13.1 Å². The number of unbranched alkanes of at least 4 members (excludes halogenated alkanes) is 10. The van der Waals surface area contributed by atoms with Gasteiger partial charge in [0.2, 0.25) is 0 Å². The maximum atomic E-state index is 5.46. The molecule has 0 amide bonds. The Morgan fingerprint density at radius 1 is 0.778 bits per heavy atom. The zero-order valence-electron chi connectivity index (χ0n) is 11.6. The van der Waals surface area contributed by atoms with Crippen molar-refractivity contribution in [3.05, 3.63) is 0 Å². The summed E-state index contributed by atoms with van der Waals surface area (Å²) in [6.45, 7) is 1.83. The highest BCUT2D eigenvalue weighted by molar-refractivity contribution is 8.11. The Hall–Kier alpha value is 0.200. The van der Waals surface area contributed by atoms with Gasteiger partial charge in [-0.2, -0.15) is 0 Å². The molecule has 0 spiro atoms. The van der Waals surface area contributed by atoms with E-state index in [0.717, 1.165) is 13.1 Å². The van der Waals surface area contributed by atoms with Crippen LogP contribution in [0, 0.1) is 0 Å². The first-order valence-electron chi connectivity index (χ1n) is 7.44. The van der Waals surface area contributed by atoms with Gasteiger partial charge >= 0.3 is 0 Å². The van der Waals surface area contributed by atoms with Crippen LogP contribution in [0.1, 0.15) is 70.6 Å². The van der Waals surface area contributed by atoms with Crippen LogP contribution >= 0.6 is 24.8 Å². The van der Waals surface area contributed by atoms with Gasteiger partial charge in [0.25, 0.3) is 0 Å². The minimum absolute atomic E-state index is 0.615. The summed E-state index contributed by atoms with van der Waals surface area (Å²) in [5.41, 5.74) is 5.46. The first kappa shape index (κ1) is 18.2. The number of nitrogens with one attached hydrogen (secondary N) is 1. The van der Waals surface area contributed by atoms with Gasteiger partial charge in [0.05, 0.1) is 0 Å². The Morgan fingerprint density at radius 3 is 1.56 bits per heavy atom. The Bertz CT molecular complexity index is 187. The van der Waals surface area contributed by atoms with Crippen molar-refractivity contribution in [3.8, 4) is 0 Å². The predicted molar refractivity (Wildman–Crippen MR) is 89.4 cm³/mol. The summed E-state index contributed by atoms with van der Waals surface area (Å²) in [5, 5.41) is 3.07. The Labute approximate surface area is 124 Å². The van der Waals surface area contributed by atoms with Crippen LogP contribution in [0.5, 0.6) is 0 Å². The number of hydrogen-bond donors (Lipinski definition) is 3. The molecule has 3 N–H and O–H groups in total. The molecule has 108 valence electrons. The molecule has 0 fully saturated rings. The lowest BCUT2D eigenvalue weighted by molar-refractivity contribution is 0.546. The van der Waals surface area contributed by atoms with Crippen molar-refractivity contribution in [1.29, 1.82) is 0 Å². The van der Waals surface area contributed by atoms with Crippen molar-refractivity contribution in [1.82, 2.24) is 5.32 Å². The lowest BCUT2D eigenvalue weighted by Gasteiger charge is -2.04. The van der Waals surface area contributed by atoms with E-state index in [9.17, 15) is 0 Å². The van der Waals surface area contributed by atoms with Gasteiger partial charge in [0, 0.05) is 6.54 Å². The van der Waals surface area contributed by atoms with Gasteiger partial charge in [-0.15, -0.1) is 12.6 Å². The van der Waals surface area contributed by atoms with E-state index >= 15 is 0 Å². The monoisotopic (exact) mass is 290 g/mol. The zero-order chi connectivity index (χ0) is 13.5. The van der Waals surface area contributed by atoms with E-state index < -0.39 is 0 Å². The highest BCUT2D eigenvalue weighted by Gasteiger charge is 1.93. The van der Waals surface area contributed by atoms with E-state index in [2.05, 4.69) is 17.9 Å². The highest BCUT2D eigenvalue weighted by Crippen LogP contribution is 2.10. The standard InChI is InChI=1S/C14H30N2S2/c15-12-10-8-6-4-2-1-3-5-7-9-11-13-16-14(17)18/h1-13,15H2,(H2,16,17,18). The molecule has 0 heterocycles. The maximum absolute atomic E-state index is 5.46. The third-order valence-electron chi connectivity index (χ3n) is 3.16. The molecule has 0 aliphatic carbocycles. The maximum Gasteiger partial charge on any atom is 0.130 e. The van der Waals surface area contributed by atoms with Gasteiger partial charge in [0.1, 0.15) is 4.32 Å². The van der Waals surface area contributed by atoms with Gasteiger partial charge in [-0.05, 0) is 19.4 Å². The summed E-state index contributed by atoms with van der Waals surface area (Å²) < 4.78 is 0.615. The smallest absolute Gasteiger partial charge is 0.130 e. The molecule has 0 unspecified atom stereocenters. The average Bonchev–Trinajstić information content (AvgIpc) is 2.34. The minimum atomic E-state index is 0.615.